The zero-order valence-electron chi connectivity index (χ0n) is 12.6. The quantitative estimate of drug-likeness (QED) is 0.615. The van der Waals surface area contributed by atoms with Gasteiger partial charge >= 0.3 is 5.97 Å². The van der Waals surface area contributed by atoms with Gasteiger partial charge in [-0.3, -0.25) is 4.79 Å². The molecule has 0 saturated carbocycles. The molecule has 126 valence electrons. The first-order valence-corrected chi connectivity index (χ1v) is 7.50. The molecule has 0 heterocycles. The number of ether oxygens (including phenoxy) is 2. The first-order valence-electron chi connectivity index (χ1n) is 7.12. The minimum atomic E-state index is -0.692. The average Bonchev–Trinajstić information content (AvgIpc) is 2.59. The number of carbonyl (C=O) groups is 2. The number of hydrogen-bond donors (Lipinski definition) is 1. The SMILES string of the molecule is O=C(COC(=O)c1ccc(F)cc1)NCCOc1ccc(Cl)cc1. The van der Waals surface area contributed by atoms with Gasteiger partial charge in [-0.1, -0.05) is 11.6 Å². The van der Waals surface area contributed by atoms with Gasteiger partial charge < -0.3 is 14.8 Å². The molecule has 2 aromatic rings. The van der Waals surface area contributed by atoms with Crippen LogP contribution in [-0.2, 0) is 9.53 Å². The second kappa shape index (κ2) is 8.88. The maximum absolute atomic E-state index is 12.7. The molecule has 0 saturated heterocycles. The molecule has 0 spiro atoms. The molecule has 0 aliphatic carbocycles. The Morgan fingerprint density at radius 1 is 1.04 bits per heavy atom. The van der Waals surface area contributed by atoms with Crippen LogP contribution >= 0.6 is 11.6 Å². The summed E-state index contributed by atoms with van der Waals surface area (Å²) in [6.45, 7) is 0.103. The summed E-state index contributed by atoms with van der Waals surface area (Å²) in [7, 11) is 0. The summed E-state index contributed by atoms with van der Waals surface area (Å²) in [5.74, 6) is -0.964. The van der Waals surface area contributed by atoms with Crippen molar-refractivity contribution < 1.29 is 23.5 Å². The van der Waals surface area contributed by atoms with E-state index in [0.29, 0.717) is 10.8 Å². The minimum Gasteiger partial charge on any atom is -0.492 e. The standard InChI is InChI=1S/C17H15ClFNO4/c18-13-3-7-15(8-4-13)23-10-9-20-16(21)11-24-17(22)12-1-5-14(19)6-2-12/h1-8H,9-11H2,(H,20,21). The Morgan fingerprint density at radius 3 is 2.38 bits per heavy atom. The van der Waals surface area contributed by atoms with Crippen molar-refractivity contribution in [3.8, 4) is 5.75 Å². The van der Waals surface area contributed by atoms with Crippen molar-refractivity contribution in [2.75, 3.05) is 19.8 Å². The van der Waals surface area contributed by atoms with E-state index in [1.54, 1.807) is 24.3 Å². The molecule has 0 aromatic heterocycles. The first kappa shape index (κ1) is 17.7. The maximum atomic E-state index is 12.7. The van der Waals surface area contributed by atoms with Gasteiger partial charge in [0.15, 0.2) is 6.61 Å². The number of nitrogens with one attached hydrogen (secondary N) is 1. The van der Waals surface area contributed by atoms with Crippen molar-refractivity contribution in [1.82, 2.24) is 5.32 Å². The Morgan fingerprint density at radius 2 is 1.71 bits per heavy atom. The fraction of sp³-hybridized carbons (Fsp3) is 0.176. The smallest absolute Gasteiger partial charge is 0.338 e. The molecule has 5 nitrogen and oxygen atoms in total. The highest BCUT2D eigenvalue weighted by Crippen LogP contribution is 2.15. The van der Waals surface area contributed by atoms with E-state index in [0.717, 1.165) is 12.1 Å². The van der Waals surface area contributed by atoms with E-state index in [1.165, 1.54) is 12.1 Å². The highest BCUT2D eigenvalue weighted by Gasteiger charge is 2.10. The second-order valence-electron chi connectivity index (χ2n) is 4.74. The largest absolute Gasteiger partial charge is 0.492 e. The van der Waals surface area contributed by atoms with Gasteiger partial charge in [0.25, 0.3) is 5.91 Å². The minimum absolute atomic E-state index is 0.176. The number of rotatable bonds is 7. The normalized spacial score (nSPS) is 10.1. The summed E-state index contributed by atoms with van der Waals surface area (Å²) in [5.41, 5.74) is 0.176. The monoisotopic (exact) mass is 351 g/mol. The fourth-order valence-electron chi connectivity index (χ4n) is 1.74. The van der Waals surface area contributed by atoms with Gasteiger partial charge in [0.1, 0.15) is 18.2 Å². The summed E-state index contributed by atoms with van der Waals surface area (Å²) < 4.78 is 23.0. The topological polar surface area (TPSA) is 64.6 Å². The predicted molar refractivity (Wildman–Crippen MR) is 86.6 cm³/mol. The van der Waals surface area contributed by atoms with Gasteiger partial charge in [-0.25, -0.2) is 9.18 Å². The van der Waals surface area contributed by atoms with Crippen LogP contribution in [0.5, 0.6) is 5.75 Å². The molecule has 0 aliphatic rings. The van der Waals surface area contributed by atoms with E-state index < -0.39 is 24.3 Å². The van der Waals surface area contributed by atoms with E-state index in [4.69, 9.17) is 21.1 Å². The molecule has 0 unspecified atom stereocenters. The van der Waals surface area contributed by atoms with Crippen molar-refractivity contribution >= 4 is 23.5 Å². The summed E-state index contributed by atoms with van der Waals surface area (Å²) >= 11 is 5.75. The molecule has 24 heavy (non-hydrogen) atoms. The van der Waals surface area contributed by atoms with Gasteiger partial charge in [0.05, 0.1) is 12.1 Å². The van der Waals surface area contributed by atoms with Gasteiger partial charge in [-0.2, -0.15) is 0 Å². The molecule has 1 N–H and O–H groups in total. The van der Waals surface area contributed by atoms with Gasteiger partial charge in [0, 0.05) is 5.02 Å². The van der Waals surface area contributed by atoms with Crippen LogP contribution < -0.4 is 10.1 Å². The molecule has 0 bridgehead atoms. The second-order valence-corrected chi connectivity index (χ2v) is 5.17. The lowest BCUT2D eigenvalue weighted by atomic mass is 10.2. The van der Waals surface area contributed by atoms with Crippen LogP contribution in [-0.4, -0.2) is 31.6 Å². The Kier molecular flexibility index (Phi) is 6.57. The van der Waals surface area contributed by atoms with Crippen LogP contribution in [0, 0.1) is 5.82 Å². The molecule has 1 amide bonds. The lowest BCUT2D eigenvalue weighted by Crippen LogP contribution is -2.32. The number of amides is 1. The summed E-state index contributed by atoms with van der Waals surface area (Å²) in [5, 5.41) is 3.16. The third kappa shape index (κ3) is 5.89. The molecule has 2 aromatic carbocycles. The maximum Gasteiger partial charge on any atom is 0.338 e. The van der Waals surface area contributed by atoms with E-state index >= 15 is 0 Å². The van der Waals surface area contributed by atoms with Crippen LogP contribution in [0.1, 0.15) is 10.4 Å². The fourth-order valence-corrected chi connectivity index (χ4v) is 1.87. The Hall–Kier alpha value is -2.60. The molecule has 2 rings (SSSR count). The van der Waals surface area contributed by atoms with Crippen LogP contribution in [0.4, 0.5) is 4.39 Å². The third-order valence-corrected chi connectivity index (χ3v) is 3.17. The highest BCUT2D eigenvalue weighted by molar-refractivity contribution is 6.30. The van der Waals surface area contributed by atoms with Crippen molar-refractivity contribution in [2.45, 2.75) is 0 Å². The van der Waals surface area contributed by atoms with Crippen molar-refractivity contribution in [2.24, 2.45) is 0 Å². The van der Waals surface area contributed by atoms with Gasteiger partial charge in [-0.15, -0.1) is 0 Å². The summed E-state index contributed by atoms with van der Waals surface area (Å²) in [6, 6.07) is 11.7. The van der Waals surface area contributed by atoms with Crippen LogP contribution in [0.15, 0.2) is 48.5 Å². The molecule has 0 fully saturated rings. The zero-order chi connectivity index (χ0) is 17.4. The molecule has 0 aliphatic heterocycles. The summed E-state index contributed by atoms with van der Waals surface area (Å²) in [4.78, 5) is 23.2. The van der Waals surface area contributed by atoms with Crippen LogP contribution in [0.2, 0.25) is 5.02 Å². The van der Waals surface area contributed by atoms with E-state index in [2.05, 4.69) is 5.32 Å². The molecular weight excluding hydrogens is 337 g/mol. The lowest BCUT2D eigenvalue weighted by molar-refractivity contribution is -0.124. The summed E-state index contributed by atoms with van der Waals surface area (Å²) in [6.07, 6.45) is 0. The van der Waals surface area contributed by atoms with Crippen LogP contribution in [0.3, 0.4) is 0 Å². The van der Waals surface area contributed by atoms with Crippen molar-refractivity contribution in [1.29, 1.82) is 0 Å². The average molecular weight is 352 g/mol. The van der Waals surface area contributed by atoms with E-state index in [1.807, 2.05) is 0 Å². The Labute approximate surface area is 143 Å². The number of halogens is 2. The van der Waals surface area contributed by atoms with Crippen LogP contribution in [0.25, 0.3) is 0 Å². The van der Waals surface area contributed by atoms with E-state index in [-0.39, 0.29) is 18.7 Å². The molecule has 0 radical (unpaired) electrons. The lowest BCUT2D eigenvalue weighted by Gasteiger charge is -2.08. The number of hydrogen-bond acceptors (Lipinski definition) is 4. The zero-order valence-corrected chi connectivity index (χ0v) is 13.4. The van der Waals surface area contributed by atoms with E-state index in [9.17, 15) is 14.0 Å². The van der Waals surface area contributed by atoms with Crippen molar-refractivity contribution in [3.05, 3.63) is 64.9 Å². The Balaban J connectivity index is 1.63. The molecular formula is C17H15ClFNO4. The molecule has 0 atom stereocenters. The van der Waals surface area contributed by atoms with Gasteiger partial charge in [-0.05, 0) is 48.5 Å². The van der Waals surface area contributed by atoms with Gasteiger partial charge in [0.2, 0.25) is 0 Å². The highest BCUT2D eigenvalue weighted by atomic mass is 35.5. The third-order valence-electron chi connectivity index (χ3n) is 2.92. The number of benzene rings is 2. The Bertz CT molecular complexity index is 689. The number of carbonyl (C=O) groups excluding carboxylic acids is 2. The number of esters is 1. The first-order chi connectivity index (χ1) is 11.5. The molecule has 7 heteroatoms. The van der Waals surface area contributed by atoms with Crippen molar-refractivity contribution in [3.63, 3.8) is 0 Å². The predicted octanol–water partition coefficient (Wildman–Crippen LogP) is 2.83.